The molecule has 0 aliphatic heterocycles. The highest BCUT2D eigenvalue weighted by Gasteiger charge is 2.00. The minimum absolute atomic E-state index is 0.501. The van der Waals surface area contributed by atoms with Crippen LogP contribution in [0, 0.1) is 11.8 Å². The molecule has 0 spiro atoms. The summed E-state index contributed by atoms with van der Waals surface area (Å²) < 4.78 is 9.39. The zero-order valence-electron chi connectivity index (χ0n) is 8.33. The van der Waals surface area contributed by atoms with Crippen LogP contribution in [0.25, 0.3) is 0 Å². The highest BCUT2D eigenvalue weighted by molar-refractivity contribution is 6.32. The molecule has 1 aromatic carbocycles. The normalized spacial score (nSPS) is 8.73. The Bertz CT molecular complexity index is 429. The minimum atomic E-state index is -0.580. The van der Waals surface area contributed by atoms with Crippen LogP contribution in [0.4, 0.5) is 0 Å². The molecule has 0 radical (unpaired) electrons. The maximum Gasteiger partial charge on any atom is 0.384 e. The molecule has 4 heteroatoms. The predicted molar refractivity (Wildman–Crippen MR) is 56.9 cm³/mol. The van der Waals surface area contributed by atoms with Gasteiger partial charge in [-0.25, -0.2) is 4.79 Å². The molecule has 1 aromatic rings. The van der Waals surface area contributed by atoms with Gasteiger partial charge in [-0.3, -0.25) is 0 Å². The van der Waals surface area contributed by atoms with Gasteiger partial charge in [0.2, 0.25) is 0 Å². The van der Waals surface area contributed by atoms with Gasteiger partial charge < -0.3 is 9.47 Å². The van der Waals surface area contributed by atoms with E-state index in [4.69, 9.17) is 16.3 Å². The zero-order chi connectivity index (χ0) is 11.3. The van der Waals surface area contributed by atoms with E-state index in [1.807, 2.05) is 0 Å². The molecule has 15 heavy (non-hydrogen) atoms. The average Bonchev–Trinajstić information content (AvgIpc) is 2.27. The second-order valence-electron chi connectivity index (χ2n) is 2.59. The van der Waals surface area contributed by atoms with Crippen LogP contribution in [0.1, 0.15) is 5.56 Å². The van der Waals surface area contributed by atoms with Crippen molar-refractivity contribution < 1.29 is 14.3 Å². The first-order chi connectivity index (χ1) is 7.17. The summed E-state index contributed by atoms with van der Waals surface area (Å²) in [4.78, 5) is 10.8. The second kappa shape index (κ2) is 5.28. The molecule has 78 valence electrons. The summed E-state index contributed by atoms with van der Waals surface area (Å²) in [5.74, 6) is 4.89. The van der Waals surface area contributed by atoms with Crippen molar-refractivity contribution in [2.45, 2.75) is 0 Å². The lowest BCUT2D eigenvalue weighted by atomic mass is 10.2. The van der Waals surface area contributed by atoms with Gasteiger partial charge in [0.05, 0.1) is 19.2 Å². The van der Waals surface area contributed by atoms with Gasteiger partial charge in [0.15, 0.2) is 0 Å². The molecule has 0 atom stereocenters. The van der Waals surface area contributed by atoms with Gasteiger partial charge in [-0.05, 0) is 18.2 Å². The van der Waals surface area contributed by atoms with Gasteiger partial charge >= 0.3 is 5.97 Å². The van der Waals surface area contributed by atoms with Crippen molar-refractivity contribution in [2.75, 3.05) is 14.2 Å². The summed E-state index contributed by atoms with van der Waals surface area (Å²) in [7, 11) is 2.79. The first-order valence-electron chi connectivity index (χ1n) is 4.11. The standard InChI is InChI=1S/C11H9ClO3/c1-14-10-7-8(3-5-9(10)12)4-6-11(13)15-2/h3,5,7H,1-2H3. The number of carbonyl (C=O) groups excluding carboxylic acids is 1. The van der Waals surface area contributed by atoms with Gasteiger partial charge in [0.1, 0.15) is 5.75 Å². The summed E-state index contributed by atoms with van der Waals surface area (Å²) in [6, 6.07) is 5.00. The first-order valence-corrected chi connectivity index (χ1v) is 4.48. The molecule has 0 unspecified atom stereocenters. The van der Waals surface area contributed by atoms with Gasteiger partial charge in [-0.15, -0.1) is 0 Å². The van der Waals surface area contributed by atoms with Crippen molar-refractivity contribution in [3.63, 3.8) is 0 Å². The van der Waals surface area contributed by atoms with Crippen molar-refractivity contribution in [3.05, 3.63) is 28.8 Å². The molecule has 0 N–H and O–H groups in total. The smallest absolute Gasteiger partial charge is 0.384 e. The third-order valence-corrected chi connectivity index (χ3v) is 1.96. The van der Waals surface area contributed by atoms with Gasteiger partial charge in [-0.1, -0.05) is 17.5 Å². The average molecular weight is 225 g/mol. The van der Waals surface area contributed by atoms with Crippen LogP contribution in [0.5, 0.6) is 5.75 Å². The molecule has 0 aliphatic carbocycles. The number of halogens is 1. The van der Waals surface area contributed by atoms with E-state index in [1.54, 1.807) is 18.2 Å². The highest BCUT2D eigenvalue weighted by Crippen LogP contribution is 2.24. The van der Waals surface area contributed by atoms with E-state index in [1.165, 1.54) is 14.2 Å². The number of benzene rings is 1. The van der Waals surface area contributed by atoms with Crippen molar-refractivity contribution in [1.29, 1.82) is 0 Å². The van der Waals surface area contributed by atoms with Crippen LogP contribution in [0.15, 0.2) is 18.2 Å². The van der Waals surface area contributed by atoms with Gasteiger partial charge in [0.25, 0.3) is 0 Å². The molecule has 0 heterocycles. The maximum absolute atomic E-state index is 10.8. The molecule has 1 rings (SSSR count). The largest absolute Gasteiger partial charge is 0.495 e. The molecule has 0 aromatic heterocycles. The Morgan fingerprint density at radius 1 is 1.40 bits per heavy atom. The topological polar surface area (TPSA) is 35.5 Å². The first kappa shape index (κ1) is 11.4. The molecule has 0 fully saturated rings. The fourth-order valence-corrected chi connectivity index (χ4v) is 1.11. The van der Waals surface area contributed by atoms with Crippen molar-refractivity contribution in [2.24, 2.45) is 0 Å². The SMILES string of the molecule is COC(=O)C#Cc1ccc(Cl)c(OC)c1. The summed E-state index contributed by atoms with van der Waals surface area (Å²) in [5, 5.41) is 0.501. The summed E-state index contributed by atoms with van der Waals surface area (Å²) in [6.45, 7) is 0. The van der Waals surface area contributed by atoms with Gasteiger partial charge in [0, 0.05) is 11.5 Å². The van der Waals surface area contributed by atoms with Crippen LogP contribution in [-0.2, 0) is 9.53 Å². The number of carbonyl (C=O) groups is 1. The minimum Gasteiger partial charge on any atom is -0.495 e. The number of methoxy groups -OCH3 is 2. The lowest BCUT2D eigenvalue weighted by molar-refractivity contribution is -0.133. The monoisotopic (exact) mass is 224 g/mol. The molecule has 0 aliphatic rings. The lowest BCUT2D eigenvalue weighted by Gasteiger charge is -2.01. The Labute approximate surface area is 92.9 Å². The van der Waals surface area contributed by atoms with E-state index in [2.05, 4.69) is 16.6 Å². The quantitative estimate of drug-likeness (QED) is 0.540. The molecule has 3 nitrogen and oxygen atoms in total. The molecule has 0 bridgehead atoms. The maximum atomic E-state index is 10.8. The van der Waals surface area contributed by atoms with E-state index < -0.39 is 5.97 Å². The van der Waals surface area contributed by atoms with Crippen molar-refractivity contribution in [1.82, 2.24) is 0 Å². The van der Waals surface area contributed by atoms with E-state index in [0.717, 1.165) is 0 Å². The predicted octanol–water partition coefficient (Wildman–Crippen LogP) is 1.87. The van der Waals surface area contributed by atoms with Crippen LogP contribution < -0.4 is 4.74 Å². The summed E-state index contributed by atoms with van der Waals surface area (Å²) >= 11 is 5.82. The van der Waals surface area contributed by atoms with Crippen LogP contribution in [-0.4, -0.2) is 20.2 Å². The van der Waals surface area contributed by atoms with E-state index in [0.29, 0.717) is 16.3 Å². The fourth-order valence-electron chi connectivity index (χ4n) is 0.912. The van der Waals surface area contributed by atoms with Gasteiger partial charge in [-0.2, -0.15) is 0 Å². The number of esters is 1. The van der Waals surface area contributed by atoms with E-state index >= 15 is 0 Å². The Hall–Kier alpha value is -1.66. The summed E-state index contributed by atoms with van der Waals surface area (Å²) in [6.07, 6.45) is 0. The van der Waals surface area contributed by atoms with Crippen molar-refractivity contribution in [3.8, 4) is 17.6 Å². The van der Waals surface area contributed by atoms with Crippen LogP contribution in [0.2, 0.25) is 5.02 Å². The zero-order valence-corrected chi connectivity index (χ0v) is 9.09. The Morgan fingerprint density at radius 2 is 2.13 bits per heavy atom. The molecule has 0 amide bonds. The van der Waals surface area contributed by atoms with Crippen LogP contribution >= 0.6 is 11.6 Å². The Morgan fingerprint density at radius 3 is 2.73 bits per heavy atom. The molecular formula is C11H9ClO3. The number of hydrogen-bond acceptors (Lipinski definition) is 3. The Kier molecular flexibility index (Phi) is 4.02. The second-order valence-corrected chi connectivity index (χ2v) is 3.00. The number of ether oxygens (including phenoxy) is 2. The molecule has 0 saturated carbocycles. The van der Waals surface area contributed by atoms with E-state index in [9.17, 15) is 4.79 Å². The fraction of sp³-hybridized carbons (Fsp3) is 0.182. The highest BCUT2D eigenvalue weighted by atomic mass is 35.5. The molecular weight excluding hydrogens is 216 g/mol. The number of hydrogen-bond donors (Lipinski definition) is 0. The number of rotatable bonds is 1. The lowest BCUT2D eigenvalue weighted by Crippen LogP contribution is -1.94. The van der Waals surface area contributed by atoms with Crippen molar-refractivity contribution >= 4 is 17.6 Å². The Balaban J connectivity index is 2.95. The van der Waals surface area contributed by atoms with Crippen LogP contribution in [0.3, 0.4) is 0 Å². The summed E-state index contributed by atoms with van der Waals surface area (Å²) in [5.41, 5.74) is 0.640. The third kappa shape index (κ3) is 3.19. The molecule has 0 saturated heterocycles. The van der Waals surface area contributed by atoms with E-state index in [-0.39, 0.29) is 0 Å². The third-order valence-electron chi connectivity index (χ3n) is 1.65.